The van der Waals surface area contributed by atoms with Gasteiger partial charge in [0.25, 0.3) is 0 Å². The zero-order chi connectivity index (χ0) is 17.8. The van der Waals surface area contributed by atoms with E-state index in [0.717, 1.165) is 10.6 Å². The van der Waals surface area contributed by atoms with Gasteiger partial charge in [0.2, 0.25) is 0 Å². The van der Waals surface area contributed by atoms with Gasteiger partial charge in [-0.25, -0.2) is 4.98 Å². The van der Waals surface area contributed by atoms with Crippen LogP contribution in [0.4, 0.5) is 0 Å². The van der Waals surface area contributed by atoms with Gasteiger partial charge in [0.15, 0.2) is 0 Å². The highest BCUT2D eigenvalue weighted by molar-refractivity contribution is 7.09. The first-order chi connectivity index (χ1) is 12.0. The van der Waals surface area contributed by atoms with E-state index in [1.165, 1.54) is 11.3 Å². The standard InChI is InChI=1S/C18H12Cl3NO2S/c19-13-5-6-15(18(21)17(13)20)24-14-4-2-1-3-11(14)9-12(23)10-16-22-7-8-25-16/h1-8H,9-10H2. The molecule has 3 rings (SSSR count). The van der Waals surface area contributed by atoms with E-state index in [2.05, 4.69) is 4.98 Å². The van der Waals surface area contributed by atoms with E-state index in [9.17, 15) is 4.79 Å². The number of aromatic nitrogens is 1. The molecule has 0 radical (unpaired) electrons. The lowest BCUT2D eigenvalue weighted by molar-refractivity contribution is -0.117. The van der Waals surface area contributed by atoms with Gasteiger partial charge in [0.1, 0.15) is 22.3 Å². The predicted molar refractivity (Wildman–Crippen MR) is 103 cm³/mol. The second-order valence-corrected chi connectivity index (χ2v) is 7.34. The molecule has 2 aromatic carbocycles. The van der Waals surface area contributed by atoms with Gasteiger partial charge in [-0.05, 0) is 18.2 Å². The maximum atomic E-state index is 12.3. The predicted octanol–water partition coefficient (Wildman–Crippen LogP) is 6.25. The number of para-hydroxylation sites is 1. The van der Waals surface area contributed by atoms with Crippen LogP contribution in [0.5, 0.6) is 11.5 Å². The fourth-order valence-electron chi connectivity index (χ4n) is 2.24. The van der Waals surface area contributed by atoms with Crippen molar-refractivity contribution in [1.29, 1.82) is 0 Å². The molecule has 1 aromatic heterocycles. The Labute approximate surface area is 164 Å². The van der Waals surface area contributed by atoms with Gasteiger partial charge >= 0.3 is 0 Å². The van der Waals surface area contributed by atoms with Gasteiger partial charge < -0.3 is 4.74 Å². The number of nitrogens with zero attached hydrogens (tertiary/aromatic N) is 1. The molecule has 3 aromatic rings. The fraction of sp³-hybridized carbons (Fsp3) is 0.111. The molecule has 0 fully saturated rings. The van der Waals surface area contributed by atoms with E-state index in [-0.39, 0.29) is 22.2 Å². The SMILES string of the molecule is O=C(Cc1nccs1)Cc1ccccc1Oc1ccc(Cl)c(Cl)c1Cl. The molecular formula is C18H12Cl3NO2S. The Kier molecular flexibility index (Phi) is 5.97. The third kappa shape index (κ3) is 4.53. The van der Waals surface area contributed by atoms with Crippen molar-refractivity contribution < 1.29 is 9.53 Å². The normalized spacial score (nSPS) is 10.7. The smallest absolute Gasteiger partial charge is 0.147 e. The zero-order valence-electron chi connectivity index (χ0n) is 12.8. The van der Waals surface area contributed by atoms with E-state index in [0.29, 0.717) is 22.9 Å². The number of carbonyl (C=O) groups excluding carboxylic acids is 1. The van der Waals surface area contributed by atoms with Crippen LogP contribution in [0.2, 0.25) is 15.1 Å². The van der Waals surface area contributed by atoms with E-state index < -0.39 is 0 Å². The summed E-state index contributed by atoms with van der Waals surface area (Å²) in [5, 5.41) is 3.48. The van der Waals surface area contributed by atoms with Crippen LogP contribution in [0, 0.1) is 0 Å². The summed E-state index contributed by atoms with van der Waals surface area (Å²) in [5.41, 5.74) is 0.770. The van der Waals surface area contributed by atoms with Crippen LogP contribution in [-0.4, -0.2) is 10.8 Å². The Balaban J connectivity index is 1.79. The molecule has 3 nitrogen and oxygen atoms in total. The Hall–Kier alpha value is -1.59. The Morgan fingerprint density at radius 2 is 1.80 bits per heavy atom. The first-order valence-corrected chi connectivity index (χ1v) is 9.35. The minimum Gasteiger partial charge on any atom is -0.455 e. The number of hydrogen-bond acceptors (Lipinski definition) is 4. The molecular weight excluding hydrogens is 401 g/mol. The van der Waals surface area contributed by atoms with Crippen molar-refractivity contribution in [2.75, 3.05) is 0 Å². The molecule has 0 amide bonds. The van der Waals surface area contributed by atoms with Gasteiger partial charge in [-0.2, -0.15) is 0 Å². The highest BCUT2D eigenvalue weighted by Gasteiger charge is 2.14. The van der Waals surface area contributed by atoms with Crippen LogP contribution in [-0.2, 0) is 17.6 Å². The Morgan fingerprint density at radius 1 is 1.00 bits per heavy atom. The van der Waals surface area contributed by atoms with E-state index in [1.54, 1.807) is 24.4 Å². The molecule has 7 heteroatoms. The van der Waals surface area contributed by atoms with Crippen molar-refractivity contribution in [3.05, 3.63) is 73.6 Å². The molecule has 25 heavy (non-hydrogen) atoms. The van der Waals surface area contributed by atoms with Crippen LogP contribution in [0.15, 0.2) is 48.0 Å². The first-order valence-electron chi connectivity index (χ1n) is 7.34. The number of rotatable bonds is 6. The van der Waals surface area contributed by atoms with Gasteiger partial charge in [-0.3, -0.25) is 4.79 Å². The number of Topliss-reactive ketones (excluding diaryl/α,β-unsaturated/α-hetero) is 1. The maximum absolute atomic E-state index is 12.3. The van der Waals surface area contributed by atoms with Crippen molar-refractivity contribution in [2.24, 2.45) is 0 Å². The molecule has 0 saturated carbocycles. The summed E-state index contributed by atoms with van der Waals surface area (Å²) in [7, 11) is 0. The number of ketones is 1. The van der Waals surface area contributed by atoms with Crippen LogP contribution in [0.3, 0.4) is 0 Å². The highest BCUT2D eigenvalue weighted by atomic mass is 35.5. The van der Waals surface area contributed by atoms with Crippen LogP contribution in [0.25, 0.3) is 0 Å². The molecule has 0 aliphatic heterocycles. The Bertz CT molecular complexity index is 897. The first kappa shape index (κ1) is 18.2. The zero-order valence-corrected chi connectivity index (χ0v) is 15.9. The van der Waals surface area contributed by atoms with Gasteiger partial charge in [-0.1, -0.05) is 53.0 Å². The van der Waals surface area contributed by atoms with Crippen molar-refractivity contribution in [3.8, 4) is 11.5 Å². The minimum absolute atomic E-state index is 0.0613. The second-order valence-electron chi connectivity index (χ2n) is 5.20. The highest BCUT2D eigenvalue weighted by Crippen LogP contribution is 2.39. The average molecular weight is 413 g/mol. The van der Waals surface area contributed by atoms with Crippen LogP contribution in [0.1, 0.15) is 10.6 Å². The van der Waals surface area contributed by atoms with Crippen LogP contribution < -0.4 is 4.74 Å². The Morgan fingerprint density at radius 3 is 2.56 bits per heavy atom. The van der Waals surface area contributed by atoms with Crippen LogP contribution >= 0.6 is 46.1 Å². The molecule has 0 saturated heterocycles. The summed E-state index contributed by atoms with van der Waals surface area (Å²) in [6, 6.07) is 10.6. The topological polar surface area (TPSA) is 39.2 Å². The number of halogens is 3. The third-order valence-corrected chi connectivity index (χ3v) is 5.47. The molecule has 0 aliphatic carbocycles. The molecule has 1 heterocycles. The molecule has 0 spiro atoms. The molecule has 0 aliphatic rings. The average Bonchev–Trinajstić information content (AvgIpc) is 3.10. The van der Waals surface area contributed by atoms with Gasteiger partial charge in [-0.15, -0.1) is 11.3 Å². The molecule has 0 bridgehead atoms. The van der Waals surface area contributed by atoms with E-state index in [4.69, 9.17) is 39.5 Å². The van der Waals surface area contributed by atoms with Crippen molar-refractivity contribution >= 4 is 51.9 Å². The third-order valence-electron chi connectivity index (χ3n) is 3.41. The lowest BCUT2D eigenvalue weighted by Crippen LogP contribution is -2.07. The summed E-state index contributed by atoms with van der Waals surface area (Å²) >= 11 is 19.6. The molecule has 0 N–H and O–H groups in total. The molecule has 128 valence electrons. The van der Waals surface area contributed by atoms with Gasteiger partial charge in [0.05, 0.1) is 21.5 Å². The summed E-state index contributed by atoms with van der Waals surface area (Å²) < 4.78 is 5.87. The van der Waals surface area contributed by atoms with Gasteiger partial charge in [0, 0.05) is 23.6 Å². The quantitative estimate of drug-likeness (QED) is 0.449. The fourth-order valence-corrected chi connectivity index (χ4v) is 3.45. The lowest BCUT2D eigenvalue weighted by Gasteiger charge is -2.13. The summed E-state index contributed by atoms with van der Waals surface area (Å²) in [6.45, 7) is 0. The maximum Gasteiger partial charge on any atom is 0.147 e. The van der Waals surface area contributed by atoms with Crippen molar-refractivity contribution in [1.82, 2.24) is 4.98 Å². The largest absolute Gasteiger partial charge is 0.455 e. The van der Waals surface area contributed by atoms with Crippen molar-refractivity contribution in [2.45, 2.75) is 12.8 Å². The number of thiazole rings is 1. The number of carbonyl (C=O) groups is 1. The number of ether oxygens (including phenoxy) is 1. The van der Waals surface area contributed by atoms with E-state index >= 15 is 0 Å². The summed E-state index contributed by atoms with van der Waals surface area (Å²) in [4.78, 5) is 16.4. The number of hydrogen-bond donors (Lipinski definition) is 0. The van der Waals surface area contributed by atoms with Crippen molar-refractivity contribution in [3.63, 3.8) is 0 Å². The molecule has 0 atom stereocenters. The monoisotopic (exact) mass is 411 g/mol. The molecule has 0 unspecified atom stereocenters. The number of benzene rings is 2. The lowest BCUT2D eigenvalue weighted by atomic mass is 10.1. The summed E-state index contributed by atoms with van der Waals surface area (Å²) in [5.74, 6) is 0.998. The minimum atomic E-state index is 0.0613. The van der Waals surface area contributed by atoms with E-state index in [1.807, 2.05) is 23.6 Å². The summed E-state index contributed by atoms with van der Waals surface area (Å²) in [6.07, 6.45) is 2.24. The second kappa shape index (κ2) is 8.19.